The molecule has 0 heteroatoms. The second kappa shape index (κ2) is 14.0. The number of hydrogen-bond donors (Lipinski definition) is 0. The predicted molar refractivity (Wildman–Crippen MR) is 282 cm³/mol. The Bertz CT molecular complexity index is 3770. The first-order valence-corrected chi connectivity index (χ1v) is 24.2. The van der Waals surface area contributed by atoms with Crippen LogP contribution in [0.1, 0.15) is 71.9 Å². The molecule has 0 saturated carbocycles. The van der Waals surface area contributed by atoms with Crippen molar-refractivity contribution < 1.29 is 0 Å². The molecule has 15 rings (SSSR count). The molecule has 7 aliphatic rings. The van der Waals surface area contributed by atoms with Gasteiger partial charge in [-0.05, 0) is 188 Å². The molecular formula is C66H46. The van der Waals surface area contributed by atoms with Gasteiger partial charge in [0.2, 0.25) is 0 Å². The highest BCUT2D eigenvalue weighted by atomic mass is 14.5. The Kier molecular flexibility index (Phi) is 7.79. The molecule has 8 aromatic carbocycles. The number of benzene rings is 8. The number of fused-ring (bicyclic) bond motifs is 10. The second-order valence-electron chi connectivity index (χ2n) is 19.4. The van der Waals surface area contributed by atoms with E-state index in [-0.39, 0.29) is 11.8 Å². The van der Waals surface area contributed by atoms with Gasteiger partial charge in [0.05, 0.1) is 0 Å². The predicted octanol–water partition coefficient (Wildman–Crippen LogP) is 17.7. The van der Waals surface area contributed by atoms with E-state index in [2.05, 4.69) is 194 Å². The summed E-state index contributed by atoms with van der Waals surface area (Å²) < 4.78 is 0. The van der Waals surface area contributed by atoms with Crippen LogP contribution in [0.25, 0.3) is 98.8 Å². The number of rotatable bonds is 4. The van der Waals surface area contributed by atoms with E-state index in [0.29, 0.717) is 0 Å². The average Bonchev–Trinajstić information content (AvgIpc) is 3.89. The molecule has 0 radical (unpaired) electrons. The number of hydrogen-bond acceptors (Lipinski definition) is 0. The fourth-order valence-electron chi connectivity index (χ4n) is 13.6. The molecule has 0 aromatic heterocycles. The van der Waals surface area contributed by atoms with E-state index in [1.165, 1.54) is 143 Å². The summed E-state index contributed by atoms with van der Waals surface area (Å²) in [6, 6.07) is 50.9. The van der Waals surface area contributed by atoms with Crippen molar-refractivity contribution in [2.24, 2.45) is 11.8 Å². The summed E-state index contributed by atoms with van der Waals surface area (Å²) in [7, 11) is 0. The van der Waals surface area contributed by atoms with E-state index in [4.69, 9.17) is 0 Å². The highest BCUT2D eigenvalue weighted by Gasteiger charge is 2.46. The first kappa shape index (κ1) is 36.8. The molecule has 0 bridgehead atoms. The van der Waals surface area contributed by atoms with Crippen molar-refractivity contribution in [3.8, 4) is 22.3 Å². The third kappa shape index (κ3) is 4.99. The SMILES string of the molecule is C1=CCCC(c2c3ccccc3c(C3=CC4=C(C=C5c6c(c(-c7ccccc7)c7cc8c9c(cccc9c7c6-c6ccccc6)C6=C8CCC=C6)C6=CC=CC4C65)CC3)c3ccccc23)=C1. The molecule has 0 saturated heterocycles. The first-order valence-electron chi connectivity index (χ1n) is 24.2. The monoisotopic (exact) mass is 838 g/mol. The van der Waals surface area contributed by atoms with Crippen molar-refractivity contribution in [2.45, 2.75) is 38.5 Å². The highest BCUT2D eigenvalue weighted by Crippen LogP contribution is 2.64. The molecule has 310 valence electrons. The molecule has 0 nitrogen and oxygen atoms in total. The second-order valence-corrected chi connectivity index (χ2v) is 19.4. The third-order valence-corrected chi connectivity index (χ3v) is 16.2. The topological polar surface area (TPSA) is 0 Å². The molecule has 0 heterocycles. The molecule has 0 N–H and O–H groups in total. The van der Waals surface area contributed by atoms with Crippen LogP contribution in [0.4, 0.5) is 0 Å². The van der Waals surface area contributed by atoms with Crippen LogP contribution in [-0.4, -0.2) is 0 Å². The van der Waals surface area contributed by atoms with Crippen LogP contribution in [-0.2, 0) is 0 Å². The van der Waals surface area contributed by atoms with E-state index >= 15 is 0 Å². The van der Waals surface area contributed by atoms with E-state index in [1.807, 2.05) is 0 Å². The Morgan fingerprint density at radius 2 is 1.09 bits per heavy atom. The van der Waals surface area contributed by atoms with E-state index in [9.17, 15) is 0 Å². The summed E-state index contributed by atoms with van der Waals surface area (Å²) >= 11 is 0. The minimum Gasteiger partial charge on any atom is -0.0842 e. The summed E-state index contributed by atoms with van der Waals surface area (Å²) in [6.07, 6.45) is 30.8. The van der Waals surface area contributed by atoms with Gasteiger partial charge in [-0.15, -0.1) is 0 Å². The van der Waals surface area contributed by atoms with Crippen molar-refractivity contribution in [3.63, 3.8) is 0 Å². The Morgan fingerprint density at radius 3 is 1.82 bits per heavy atom. The lowest BCUT2D eigenvalue weighted by Crippen LogP contribution is -2.22. The van der Waals surface area contributed by atoms with Crippen molar-refractivity contribution >= 4 is 76.5 Å². The van der Waals surface area contributed by atoms with Gasteiger partial charge in [0.25, 0.3) is 0 Å². The molecule has 8 aromatic rings. The van der Waals surface area contributed by atoms with E-state index in [1.54, 1.807) is 0 Å². The zero-order valence-electron chi connectivity index (χ0n) is 36.9. The molecule has 2 unspecified atom stereocenters. The summed E-state index contributed by atoms with van der Waals surface area (Å²) in [6.45, 7) is 0. The van der Waals surface area contributed by atoms with Crippen molar-refractivity contribution in [1.82, 2.24) is 0 Å². The smallest absolute Gasteiger partial charge is 0.0206 e. The molecule has 0 aliphatic heterocycles. The van der Waals surface area contributed by atoms with Gasteiger partial charge in [0, 0.05) is 11.8 Å². The average molecular weight is 839 g/mol. The van der Waals surface area contributed by atoms with Gasteiger partial charge in [-0.2, -0.15) is 0 Å². The minimum atomic E-state index is 0.232. The minimum absolute atomic E-state index is 0.232. The Labute approximate surface area is 386 Å². The van der Waals surface area contributed by atoms with Crippen molar-refractivity contribution in [2.75, 3.05) is 0 Å². The molecule has 7 aliphatic carbocycles. The van der Waals surface area contributed by atoms with Gasteiger partial charge in [-0.25, -0.2) is 0 Å². The number of allylic oxidation sites excluding steroid dienone is 18. The van der Waals surface area contributed by atoms with Crippen molar-refractivity contribution in [1.29, 1.82) is 0 Å². The van der Waals surface area contributed by atoms with Crippen LogP contribution in [0.5, 0.6) is 0 Å². The van der Waals surface area contributed by atoms with Crippen LogP contribution < -0.4 is 0 Å². The summed E-state index contributed by atoms with van der Waals surface area (Å²) in [4.78, 5) is 0. The maximum atomic E-state index is 2.67. The lowest BCUT2D eigenvalue weighted by Gasteiger charge is -2.35. The fourth-order valence-corrected chi connectivity index (χ4v) is 13.6. The third-order valence-electron chi connectivity index (χ3n) is 16.2. The van der Waals surface area contributed by atoms with Crippen LogP contribution in [0.3, 0.4) is 0 Å². The summed E-state index contributed by atoms with van der Waals surface area (Å²) in [5, 5.41) is 11.1. The Morgan fingerprint density at radius 1 is 0.424 bits per heavy atom. The van der Waals surface area contributed by atoms with Gasteiger partial charge in [0.15, 0.2) is 0 Å². The van der Waals surface area contributed by atoms with E-state index in [0.717, 1.165) is 38.5 Å². The van der Waals surface area contributed by atoms with Gasteiger partial charge in [-0.1, -0.05) is 188 Å². The first-order chi connectivity index (χ1) is 32.8. The standard InChI is InChI=1S/C66H46/c1-4-18-39(19-5-1)58-47-26-12-14-28-49(47)59(50-29-15-13-27-48(50)58)43-35-34-42-36-56-63-51(54(42)37-43)31-17-33-53(63)65-60(40-20-6-2-7-21-40)57-38-55-45-25-11-10-24-44(45)46-30-16-32-52(62(46)55)64(57)61(66(56)65)41-22-8-3-9-23-41/h1-4,6-10,12-18,20-24,26-33,36-38,51,63H,5,11,19,25,34-35H2. The largest absolute Gasteiger partial charge is 0.0842 e. The van der Waals surface area contributed by atoms with Gasteiger partial charge < -0.3 is 0 Å². The molecule has 0 spiro atoms. The molecule has 2 atom stereocenters. The fraction of sp³-hybridized carbons (Fsp3) is 0.121. The van der Waals surface area contributed by atoms with Crippen LogP contribution in [0.15, 0.2) is 205 Å². The van der Waals surface area contributed by atoms with Crippen LogP contribution in [0.2, 0.25) is 0 Å². The Balaban J connectivity index is 1.01. The van der Waals surface area contributed by atoms with Crippen molar-refractivity contribution in [3.05, 3.63) is 239 Å². The van der Waals surface area contributed by atoms with E-state index < -0.39 is 0 Å². The normalized spacial score (nSPS) is 19.8. The summed E-state index contributed by atoms with van der Waals surface area (Å²) in [5.41, 5.74) is 25.7. The Hall–Kier alpha value is -7.54. The quantitative estimate of drug-likeness (QED) is 0.122. The lowest BCUT2D eigenvalue weighted by atomic mass is 9.68. The molecule has 66 heavy (non-hydrogen) atoms. The maximum Gasteiger partial charge on any atom is 0.0206 e. The lowest BCUT2D eigenvalue weighted by molar-refractivity contribution is 0.662. The zero-order valence-corrected chi connectivity index (χ0v) is 36.9. The summed E-state index contributed by atoms with van der Waals surface area (Å²) in [5.74, 6) is 0.476. The van der Waals surface area contributed by atoms with Crippen LogP contribution >= 0.6 is 0 Å². The van der Waals surface area contributed by atoms with Crippen LogP contribution in [0, 0.1) is 11.8 Å². The van der Waals surface area contributed by atoms with Gasteiger partial charge in [-0.3, -0.25) is 0 Å². The molecule has 0 amide bonds. The molecular weight excluding hydrogens is 793 g/mol. The van der Waals surface area contributed by atoms with Gasteiger partial charge in [0.1, 0.15) is 0 Å². The maximum absolute atomic E-state index is 2.67. The highest BCUT2D eigenvalue weighted by molar-refractivity contribution is 6.30. The van der Waals surface area contributed by atoms with Gasteiger partial charge >= 0.3 is 0 Å². The molecule has 0 fully saturated rings. The zero-order chi connectivity index (χ0) is 43.0.